The minimum absolute atomic E-state index is 0.152. The minimum atomic E-state index is -2.46. The third-order valence-corrected chi connectivity index (χ3v) is 8.45. The van der Waals surface area contributed by atoms with Gasteiger partial charge in [-0.25, -0.2) is 0 Å². The first-order chi connectivity index (χ1) is 20.1. The molecular weight excluding hydrogens is 559 g/mol. The van der Waals surface area contributed by atoms with Crippen molar-refractivity contribution in [3.8, 4) is 16.9 Å². The van der Waals surface area contributed by atoms with E-state index in [1.165, 1.54) is 11.8 Å². The highest BCUT2D eigenvalue weighted by molar-refractivity contribution is 8.15. The van der Waals surface area contributed by atoms with Crippen LogP contribution >= 0.6 is 23.5 Å². The maximum Gasteiger partial charge on any atom is 0.288 e. The number of aromatic nitrogens is 1. The van der Waals surface area contributed by atoms with Crippen molar-refractivity contribution in [1.29, 1.82) is 0 Å². The molecule has 5 nitrogen and oxygen atoms in total. The maximum absolute atomic E-state index is 12.6. The number of nitrogens with one attached hydrogen (secondary N) is 1. The standard InChI is InChI=1S/C32H24F2N4OS2/c33-31(34)40-24-17-15-21(16-18-24)19-28-30(39)36-32(41-28)37-35-20-26-25-13-7-8-14-27(25)38(23-11-5-2-6-12-23)29(26)22-9-3-1-4-10-22/h1-18,20,28,31H,19H2,(H,36,37,39). The summed E-state index contributed by atoms with van der Waals surface area (Å²) in [5.41, 5.74) is 5.94. The number of alkyl halides is 2. The van der Waals surface area contributed by atoms with Crippen molar-refractivity contribution in [2.75, 3.05) is 0 Å². The first-order valence-corrected chi connectivity index (χ1v) is 14.7. The number of carbonyl (C=O) groups excluding carboxylic acids is 1. The van der Waals surface area contributed by atoms with Gasteiger partial charge in [0.25, 0.3) is 5.76 Å². The molecule has 1 aliphatic heterocycles. The van der Waals surface area contributed by atoms with Gasteiger partial charge >= 0.3 is 0 Å². The molecule has 0 saturated carbocycles. The third-order valence-electron chi connectivity index (χ3n) is 6.66. The van der Waals surface area contributed by atoms with Crippen molar-refractivity contribution < 1.29 is 13.6 Å². The van der Waals surface area contributed by atoms with Crippen molar-refractivity contribution in [1.82, 2.24) is 9.88 Å². The van der Waals surface area contributed by atoms with E-state index in [-0.39, 0.29) is 11.2 Å². The van der Waals surface area contributed by atoms with Crippen LogP contribution in [0.3, 0.4) is 0 Å². The summed E-state index contributed by atoms with van der Waals surface area (Å²) in [6.45, 7) is 0. The molecular formula is C32H24F2N4OS2. The quantitative estimate of drug-likeness (QED) is 0.116. The van der Waals surface area contributed by atoms with Crippen LogP contribution in [-0.2, 0) is 11.2 Å². The molecule has 2 heterocycles. The van der Waals surface area contributed by atoms with E-state index < -0.39 is 5.76 Å². The fraction of sp³-hybridized carbons (Fsp3) is 0.0938. The van der Waals surface area contributed by atoms with E-state index in [9.17, 15) is 13.6 Å². The zero-order valence-electron chi connectivity index (χ0n) is 21.7. The highest BCUT2D eigenvalue weighted by Crippen LogP contribution is 2.35. The first-order valence-electron chi connectivity index (χ1n) is 12.9. The Bertz CT molecular complexity index is 1740. The van der Waals surface area contributed by atoms with Gasteiger partial charge in [0, 0.05) is 21.5 Å². The molecule has 0 spiro atoms. The lowest BCUT2D eigenvalue weighted by atomic mass is 10.1. The molecule has 1 aromatic heterocycles. The number of hydrogen-bond donors (Lipinski definition) is 1. The Morgan fingerprint density at radius 1 is 0.902 bits per heavy atom. The predicted molar refractivity (Wildman–Crippen MR) is 165 cm³/mol. The molecule has 0 aliphatic carbocycles. The van der Waals surface area contributed by atoms with Gasteiger partial charge in [0.05, 0.1) is 22.7 Å². The number of rotatable bonds is 8. The van der Waals surface area contributed by atoms with Gasteiger partial charge < -0.3 is 9.88 Å². The number of nitrogens with zero attached hydrogens (tertiary/aromatic N) is 3. The Labute approximate surface area is 244 Å². The van der Waals surface area contributed by atoms with Crippen LogP contribution in [0, 0.1) is 0 Å². The number of amidine groups is 1. The number of fused-ring (bicyclic) bond motifs is 1. The van der Waals surface area contributed by atoms with Crippen molar-refractivity contribution in [3.05, 3.63) is 120 Å². The van der Waals surface area contributed by atoms with E-state index in [2.05, 4.69) is 56.5 Å². The molecule has 4 aromatic carbocycles. The van der Waals surface area contributed by atoms with Gasteiger partial charge in [0.1, 0.15) is 0 Å². The number of benzene rings is 4. The molecule has 1 aliphatic rings. The lowest BCUT2D eigenvalue weighted by Crippen LogP contribution is -2.25. The Morgan fingerprint density at radius 3 is 2.32 bits per heavy atom. The van der Waals surface area contributed by atoms with Crippen LogP contribution in [0.4, 0.5) is 8.78 Å². The zero-order valence-corrected chi connectivity index (χ0v) is 23.3. The second kappa shape index (κ2) is 12.1. The molecule has 6 rings (SSSR count). The van der Waals surface area contributed by atoms with Gasteiger partial charge in [0.15, 0.2) is 5.17 Å². The molecule has 204 valence electrons. The van der Waals surface area contributed by atoms with E-state index >= 15 is 0 Å². The van der Waals surface area contributed by atoms with Crippen LogP contribution in [0.2, 0.25) is 0 Å². The largest absolute Gasteiger partial charge is 0.309 e. The number of carbonyl (C=O) groups is 1. The fourth-order valence-corrected chi connectivity index (χ4v) is 6.33. The van der Waals surface area contributed by atoms with E-state index in [1.54, 1.807) is 30.5 Å². The summed E-state index contributed by atoms with van der Waals surface area (Å²) in [5, 5.41) is 12.7. The molecule has 0 bridgehead atoms. The van der Waals surface area contributed by atoms with Crippen LogP contribution in [0.5, 0.6) is 0 Å². The summed E-state index contributed by atoms with van der Waals surface area (Å²) < 4.78 is 27.4. The number of hydrogen-bond acceptors (Lipinski definition) is 5. The fourth-order valence-electron chi connectivity index (χ4n) is 4.87. The van der Waals surface area contributed by atoms with Crippen LogP contribution in [0.25, 0.3) is 27.8 Å². The highest BCUT2D eigenvalue weighted by atomic mass is 32.2. The maximum atomic E-state index is 12.6. The first kappa shape index (κ1) is 27.0. The third kappa shape index (κ3) is 5.96. The molecule has 1 atom stereocenters. The molecule has 41 heavy (non-hydrogen) atoms. The van der Waals surface area contributed by atoms with Crippen molar-refractivity contribution in [3.63, 3.8) is 0 Å². The number of para-hydroxylation sites is 2. The number of thioether (sulfide) groups is 2. The van der Waals surface area contributed by atoms with Crippen LogP contribution in [0.15, 0.2) is 124 Å². The lowest BCUT2D eigenvalue weighted by Gasteiger charge is -2.12. The van der Waals surface area contributed by atoms with Crippen LogP contribution in [-0.4, -0.2) is 32.9 Å². The Morgan fingerprint density at radius 2 is 1.59 bits per heavy atom. The van der Waals surface area contributed by atoms with E-state index in [0.717, 1.165) is 39.0 Å². The molecule has 1 fully saturated rings. The molecule has 1 N–H and O–H groups in total. The van der Waals surface area contributed by atoms with Crippen LogP contribution < -0.4 is 5.32 Å². The second-order valence-corrected chi connectivity index (χ2v) is 11.5. The average molecular weight is 583 g/mol. The predicted octanol–water partition coefficient (Wildman–Crippen LogP) is 7.78. The van der Waals surface area contributed by atoms with E-state index in [1.807, 2.05) is 48.5 Å². The average Bonchev–Trinajstić information content (AvgIpc) is 3.51. The summed E-state index contributed by atoms with van der Waals surface area (Å²) in [6.07, 6.45) is 2.21. The zero-order chi connectivity index (χ0) is 28.2. The van der Waals surface area contributed by atoms with Gasteiger partial charge in [-0.15, -0.1) is 5.10 Å². The lowest BCUT2D eigenvalue weighted by molar-refractivity contribution is -0.118. The molecule has 1 amide bonds. The Hall–Kier alpha value is -4.21. The van der Waals surface area contributed by atoms with Gasteiger partial charge in [-0.2, -0.15) is 13.9 Å². The summed E-state index contributed by atoms with van der Waals surface area (Å²) >= 11 is 1.82. The molecule has 9 heteroatoms. The van der Waals surface area contributed by atoms with Crippen molar-refractivity contribution in [2.45, 2.75) is 22.3 Å². The molecule has 0 radical (unpaired) electrons. The van der Waals surface area contributed by atoms with Crippen LogP contribution in [0.1, 0.15) is 11.1 Å². The Kier molecular flexibility index (Phi) is 7.98. The minimum Gasteiger partial charge on any atom is -0.309 e. The smallest absolute Gasteiger partial charge is 0.288 e. The summed E-state index contributed by atoms with van der Waals surface area (Å²) in [4.78, 5) is 13.1. The van der Waals surface area contributed by atoms with Gasteiger partial charge in [0.2, 0.25) is 5.91 Å². The number of amides is 1. The van der Waals surface area contributed by atoms with E-state index in [4.69, 9.17) is 0 Å². The Balaban J connectivity index is 1.29. The number of halogens is 2. The van der Waals surface area contributed by atoms with Gasteiger partial charge in [-0.3, -0.25) is 4.79 Å². The summed E-state index contributed by atoms with van der Waals surface area (Å²) in [6, 6.07) is 35.4. The van der Waals surface area contributed by atoms with Gasteiger partial charge in [-0.1, -0.05) is 102 Å². The molecule has 1 unspecified atom stereocenters. The molecule has 5 aromatic rings. The van der Waals surface area contributed by atoms with Crippen molar-refractivity contribution in [2.24, 2.45) is 10.2 Å². The second-order valence-electron chi connectivity index (χ2n) is 9.29. The van der Waals surface area contributed by atoms with Gasteiger partial charge in [-0.05, 0) is 47.9 Å². The summed E-state index contributed by atoms with van der Waals surface area (Å²) in [7, 11) is 0. The highest BCUT2D eigenvalue weighted by Gasteiger charge is 2.30. The summed E-state index contributed by atoms with van der Waals surface area (Å²) in [5.74, 6) is -2.62. The monoisotopic (exact) mass is 582 g/mol. The molecule has 1 saturated heterocycles. The van der Waals surface area contributed by atoms with Crippen molar-refractivity contribution >= 4 is 51.7 Å². The van der Waals surface area contributed by atoms with E-state index in [0.29, 0.717) is 28.2 Å². The SMILES string of the molecule is O=C1N/C(=N\N=Cc2c(-c3ccccc3)n(-c3ccccc3)c3ccccc23)SC1Cc1ccc(SC(F)F)cc1. The topological polar surface area (TPSA) is 58.8 Å². The normalized spacial score (nSPS) is 16.3.